The van der Waals surface area contributed by atoms with Crippen LogP contribution < -0.4 is 5.32 Å². The number of aromatic nitrogens is 2. The molecule has 2 heterocycles. The quantitative estimate of drug-likeness (QED) is 0.623. The minimum Gasteiger partial charge on any atom is -0.388 e. The molecule has 2 amide bonds. The van der Waals surface area contributed by atoms with E-state index in [-0.39, 0.29) is 24.9 Å². The van der Waals surface area contributed by atoms with Crippen molar-refractivity contribution in [3.63, 3.8) is 0 Å². The average molecular weight is 473 g/mol. The lowest BCUT2D eigenvalue weighted by atomic mass is 9.94. The van der Waals surface area contributed by atoms with Crippen molar-refractivity contribution >= 4 is 23.4 Å². The van der Waals surface area contributed by atoms with Crippen LogP contribution >= 0.6 is 11.6 Å². The molecular formula is C25H33ClN4O3. The van der Waals surface area contributed by atoms with Crippen molar-refractivity contribution in [3.05, 3.63) is 40.5 Å². The van der Waals surface area contributed by atoms with E-state index in [1.165, 1.54) is 0 Å². The number of nitrogens with one attached hydrogen (secondary N) is 1. The fourth-order valence-electron chi connectivity index (χ4n) is 4.77. The molecule has 0 unspecified atom stereocenters. The van der Waals surface area contributed by atoms with E-state index in [2.05, 4.69) is 10.4 Å². The SMILES string of the molecule is Cc1cc(-c2ccc(Cl)c(C(=O)NCC3(O)CCCCCC3)c2)nn1CC(=O)N1CCCC1. The summed E-state index contributed by atoms with van der Waals surface area (Å²) in [5, 5.41) is 18.7. The monoisotopic (exact) mass is 472 g/mol. The Hall–Kier alpha value is -2.38. The summed E-state index contributed by atoms with van der Waals surface area (Å²) in [5.41, 5.74) is 1.83. The van der Waals surface area contributed by atoms with E-state index >= 15 is 0 Å². The number of aliphatic hydroxyl groups is 1. The molecule has 1 saturated carbocycles. The predicted molar refractivity (Wildman–Crippen MR) is 128 cm³/mol. The van der Waals surface area contributed by atoms with Gasteiger partial charge in [0, 0.05) is 30.9 Å². The summed E-state index contributed by atoms with van der Waals surface area (Å²) in [4.78, 5) is 27.3. The van der Waals surface area contributed by atoms with Crippen LogP contribution in [0.15, 0.2) is 24.3 Å². The highest BCUT2D eigenvalue weighted by atomic mass is 35.5. The Balaban J connectivity index is 1.46. The van der Waals surface area contributed by atoms with Gasteiger partial charge in [0.25, 0.3) is 5.91 Å². The summed E-state index contributed by atoms with van der Waals surface area (Å²) in [5.74, 6) is -0.224. The fraction of sp³-hybridized carbons (Fsp3) is 0.560. The van der Waals surface area contributed by atoms with Gasteiger partial charge in [-0.3, -0.25) is 14.3 Å². The summed E-state index contributed by atoms with van der Waals surface area (Å²) in [6.45, 7) is 3.99. The van der Waals surface area contributed by atoms with E-state index in [9.17, 15) is 14.7 Å². The summed E-state index contributed by atoms with van der Waals surface area (Å²) < 4.78 is 1.71. The van der Waals surface area contributed by atoms with Crippen LogP contribution in [-0.4, -0.2) is 56.8 Å². The number of carbonyl (C=O) groups is 2. The molecule has 178 valence electrons. The third-order valence-corrected chi connectivity index (χ3v) is 7.17. The van der Waals surface area contributed by atoms with Gasteiger partial charge in [0.2, 0.25) is 5.91 Å². The molecule has 0 radical (unpaired) electrons. The van der Waals surface area contributed by atoms with Gasteiger partial charge in [0.05, 0.1) is 21.9 Å². The predicted octanol–water partition coefficient (Wildman–Crippen LogP) is 3.95. The Morgan fingerprint density at radius 1 is 1.09 bits per heavy atom. The Kier molecular flexibility index (Phi) is 7.39. The smallest absolute Gasteiger partial charge is 0.252 e. The molecule has 2 aromatic rings. The number of nitrogens with zero attached hydrogens (tertiary/aromatic N) is 3. The van der Waals surface area contributed by atoms with Gasteiger partial charge in [-0.25, -0.2) is 0 Å². The standard InChI is InChI=1S/C25H33ClN4O3/c1-18-14-22(28-30(18)16-23(31)29-12-6-7-13-29)19-8-9-21(26)20(15-19)24(32)27-17-25(33)10-4-2-3-5-11-25/h8-9,14-15,33H,2-7,10-13,16-17H2,1H3,(H,27,32). The first-order chi connectivity index (χ1) is 15.8. The molecule has 4 rings (SSSR count). The number of hydrogen-bond acceptors (Lipinski definition) is 4. The van der Waals surface area contributed by atoms with Crippen LogP contribution in [0, 0.1) is 6.92 Å². The summed E-state index contributed by atoms with van der Waals surface area (Å²) in [7, 11) is 0. The lowest BCUT2D eigenvalue weighted by molar-refractivity contribution is -0.130. The van der Waals surface area contributed by atoms with Crippen LogP contribution in [0.3, 0.4) is 0 Å². The number of amides is 2. The van der Waals surface area contributed by atoms with Crippen molar-refractivity contribution in [2.24, 2.45) is 0 Å². The van der Waals surface area contributed by atoms with Crippen LogP contribution in [0.25, 0.3) is 11.3 Å². The van der Waals surface area contributed by atoms with Gasteiger partial charge >= 0.3 is 0 Å². The zero-order valence-corrected chi connectivity index (χ0v) is 20.0. The molecule has 0 bridgehead atoms. The van der Waals surface area contributed by atoms with Crippen molar-refractivity contribution < 1.29 is 14.7 Å². The Morgan fingerprint density at radius 2 is 1.79 bits per heavy atom. The first-order valence-electron chi connectivity index (χ1n) is 12.0. The topological polar surface area (TPSA) is 87.5 Å². The van der Waals surface area contributed by atoms with Crippen molar-refractivity contribution in [1.29, 1.82) is 0 Å². The summed E-state index contributed by atoms with van der Waals surface area (Å²) in [6.07, 6.45) is 7.72. The van der Waals surface area contributed by atoms with Gasteiger partial charge in [-0.2, -0.15) is 5.10 Å². The number of carbonyl (C=O) groups excluding carboxylic acids is 2. The minimum absolute atomic E-state index is 0.0814. The van der Waals surface area contributed by atoms with Gasteiger partial charge in [0.1, 0.15) is 6.54 Å². The Morgan fingerprint density at radius 3 is 2.48 bits per heavy atom. The zero-order valence-electron chi connectivity index (χ0n) is 19.3. The van der Waals surface area contributed by atoms with Crippen molar-refractivity contribution in [3.8, 4) is 11.3 Å². The lowest BCUT2D eigenvalue weighted by Crippen LogP contribution is -2.42. The van der Waals surface area contributed by atoms with Crippen LogP contribution in [0.1, 0.15) is 67.4 Å². The maximum absolute atomic E-state index is 12.9. The number of likely N-dealkylation sites (tertiary alicyclic amines) is 1. The highest BCUT2D eigenvalue weighted by molar-refractivity contribution is 6.34. The van der Waals surface area contributed by atoms with Gasteiger partial charge < -0.3 is 15.3 Å². The second-order valence-electron chi connectivity index (χ2n) is 9.43. The number of hydrogen-bond donors (Lipinski definition) is 2. The Labute approximate surface area is 200 Å². The van der Waals surface area contributed by atoms with Crippen LogP contribution in [0.2, 0.25) is 5.02 Å². The van der Waals surface area contributed by atoms with Crippen molar-refractivity contribution in [2.75, 3.05) is 19.6 Å². The third-order valence-electron chi connectivity index (χ3n) is 6.84. The van der Waals surface area contributed by atoms with Crippen molar-refractivity contribution in [2.45, 2.75) is 70.4 Å². The number of rotatable bonds is 6. The molecule has 2 fully saturated rings. The number of halogens is 1. The largest absolute Gasteiger partial charge is 0.388 e. The lowest BCUT2D eigenvalue weighted by Gasteiger charge is -2.26. The molecule has 1 aliphatic heterocycles. The first-order valence-corrected chi connectivity index (χ1v) is 12.4. The van der Waals surface area contributed by atoms with Crippen LogP contribution in [0.5, 0.6) is 0 Å². The second-order valence-corrected chi connectivity index (χ2v) is 9.84. The highest BCUT2D eigenvalue weighted by Gasteiger charge is 2.29. The molecule has 1 aromatic carbocycles. The Bertz CT molecular complexity index is 1010. The molecule has 1 aromatic heterocycles. The molecule has 0 spiro atoms. The van der Waals surface area contributed by atoms with Gasteiger partial charge in [-0.1, -0.05) is 43.4 Å². The molecule has 2 N–H and O–H groups in total. The minimum atomic E-state index is -0.853. The number of benzene rings is 1. The van der Waals surface area contributed by atoms with E-state index in [1.54, 1.807) is 16.8 Å². The normalized spacial score (nSPS) is 18.2. The van der Waals surface area contributed by atoms with Gasteiger partial charge in [-0.15, -0.1) is 0 Å². The molecule has 1 saturated heterocycles. The van der Waals surface area contributed by atoms with E-state index in [4.69, 9.17) is 11.6 Å². The van der Waals surface area contributed by atoms with E-state index < -0.39 is 5.60 Å². The molecule has 1 aliphatic carbocycles. The van der Waals surface area contributed by atoms with E-state index in [0.717, 1.165) is 62.9 Å². The average Bonchev–Trinajstić information content (AvgIpc) is 3.40. The van der Waals surface area contributed by atoms with E-state index in [0.29, 0.717) is 29.1 Å². The summed E-state index contributed by atoms with van der Waals surface area (Å²) >= 11 is 6.34. The molecule has 2 aliphatic rings. The van der Waals surface area contributed by atoms with Crippen LogP contribution in [0.4, 0.5) is 0 Å². The van der Waals surface area contributed by atoms with Crippen LogP contribution in [-0.2, 0) is 11.3 Å². The van der Waals surface area contributed by atoms with Crippen molar-refractivity contribution in [1.82, 2.24) is 20.0 Å². The number of aryl methyl sites for hydroxylation is 1. The maximum Gasteiger partial charge on any atom is 0.252 e. The molecule has 7 nitrogen and oxygen atoms in total. The van der Waals surface area contributed by atoms with Gasteiger partial charge in [0.15, 0.2) is 0 Å². The molecular weight excluding hydrogens is 440 g/mol. The molecule has 8 heteroatoms. The first kappa shape index (κ1) is 23.8. The van der Waals surface area contributed by atoms with E-state index in [1.807, 2.05) is 24.0 Å². The molecule has 33 heavy (non-hydrogen) atoms. The van der Waals surface area contributed by atoms with Gasteiger partial charge in [-0.05, 0) is 50.8 Å². The third kappa shape index (κ3) is 5.76. The molecule has 0 atom stereocenters. The second kappa shape index (κ2) is 10.3. The zero-order chi connectivity index (χ0) is 23.4. The fourth-order valence-corrected chi connectivity index (χ4v) is 4.97. The summed E-state index contributed by atoms with van der Waals surface area (Å²) in [6, 6.07) is 7.15. The maximum atomic E-state index is 12.9. The highest BCUT2D eigenvalue weighted by Crippen LogP contribution is 2.28.